The molecule has 1 aliphatic rings. The van der Waals surface area contributed by atoms with Gasteiger partial charge in [0.2, 0.25) is 0 Å². The number of rotatable bonds is 12. The van der Waals surface area contributed by atoms with Gasteiger partial charge in [-0.15, -0.1) is 10.2 Å². The van der Waals surface area contributed by atoms with Crippen LogP contribution in [-0.2, 0) is 17.8 Å². The molecule has 1 amide bonds. The second kappa shape index (κ2) is 13.5. The van der Waals surface area contributed by atoms with Crippen LogP contribution in [0.1, 0.15) is 50.5 Å². The molecule has 0 saturated carbocycles. The highest BCUT2D eigenvalue weighted by Crippen LogP contribution is 2.27. The Hall–Kier alpha value is -4.15. The molecule has 212 valence electrons. The monoisotopic (exact) mass is 572 g/mol. The molecule has 0 spiro atoms. The molecule has 1 saturated heterocycles. The second-order valence-corrected chi connectivity index (χ2v) is 10.6. The number of nitrogens with one attached hydrogen (secondary N) is 1. The molecule has 0 bridgehead atoms. The first kappa shape index (κ1) is 28.4. The number of ketones is 1. The highest BCUT2D eigenvalue weighted by molar-refractivity contribution is 7.99. The smallest absolute Gasteiger partial charge is 0.251 e. The zero-order valence-electron chi connectivity index (χ0n) is 23.0. The summed E-state index contributed by atoms with van der Waals surface area (Å²) in [6.07, 6.45) is 2.37. The number of benzene rings is 3. The average molecular weight is 573 g/mol. The largest absolute Gasteiger partial charge is 0.497 e. The van der Waals surface area contributed by atoms with Crippen LogP contribution < -0.4 is 14.8 Å². The van der Waals surface area contributed by atoms with Gasteiger partial charge >= 0.3 is 0 Å². The Morgan fingerprint density at radius 2 is 1.78 bits per heavy atom. The SMILES string of the molecule is COc1ccc(OC)c(C(=O)c2ccc(C(=O)NCc3nnc(SC[C@H]4CCCO4)n3Cc3ccccc3)cc2)c1. The molecule has 1 fully saturated rings. The lowest BCUT2D eigenvalue weighted by atomic mass is 10.0. The van der Waals surface area contributed by atoms with Gasteiger partial charge in [-0.05, 0) is 48.7 Å². The fourth-order valence-electron chi connectivity index (χ4n) is 4.61. The summed E-state index contributed by atoms with van der Waals surface area (Å²) in [5.74, 6) is 1.98. The van der Waals surface area contributed by atoms with Gasteiger partial charge in [-0.1, -0.05) is 54.2 Å². The minimum Gasteiger partial charge on any atom is -0.497 e. The van der Waals surface area contributed by atoms with E-state index in [2.05, 4.69) is 27.6 Å². The molecule has 1 atom stereocenters. The lowest BCUT2D eigenvalue weighted by Gasteiger charge is -2.13. The zero-order valence-corrected chi connectivity index (χ0v) is 23.9. The predicted molar refractivity (Wildman–Crippen MR) is 156 cm³/mol. The molecule has 0 radical (unpaired) electrons. The van der Waals surface area contributed by atoms with Crippen molar-refractivity contribution >= 4 is 23.5 Å². The molecule has 41 heavy (non-hydrogen) atoms. The number of carbonyl (C=O) groups is 2. The molecule has 3 aromatic carbocycles. The maximum atomic E-state index is 13.1. The normalized spacial score (nSPS) is 14.5. The van der Waals surface area contributed by atoms with Gasteiger partial charge in [0.25, 0.3) is 5.91 Å². The second-order valence-electron chi connectivity index (χ2n) is 9.57. The third-order valence-corrected chi connectivity index (χ3v) is 7.97. The molecule has 1 N–H and O–H groups in total. The number of amides is 1. The first-order valence-electron chi connectivity index (χ1n) is 13.4. The van der Waals surface area contributed by atoms with E-state index in [0.29, 0.717) is 40.6 Å². The first-order valence-corrected chi connectivity index (χ1v) is 14.4. The lowest BCUT2D eigenvalue weighted by molar-refractivity contribution is 0.0948. The summed E-state index contributed by atoms with van der Waals surface area (Å²) in [4.78, 5) is 26.2. The van der Waals surface area contributed by atoms with Crippen LogP contribution in [0, 0.1) is 0 Å². The number of hydrogen-bond acceptors (Lipinski definition) is 8. The Morgan fingerprint density at radius 3 is 2.49 bits per heavy atom. The molecule has 5 rings (SSSR count). The van der Waals surface area contributed by atoms with E-state index in [4.69, 9.17) is 14.2 Å². The van der Waals surface area contributed by atoms with Gasteiger partial charge in [0.05, 0.1) is 39.0 Å². The van der Waals surface area contributed by atoms with Crippen molar-refractivity contribution in [3.05, 3.63) is 101 Å². The zero-order chi connectivity index (χ0) is 28.6. The molecular weight excluding hydrogens is 540 g/mol. The lowest BCUT2D eigenvalue weighted by Crippen LogP contribution is -2.25. The van der Waals surface area contributed by atoms with Crippen molar-refractivity contribution in [2.45, 2.75) is 37.2 Å². The standard InChI is InChI=1S/C31H32N4O5S/c1-38-24-14-15-27(39-2)26(17-24)29(36)22-10-12-23(13-11-22)30(37)32-18-28-33-34-31(41-20-25-9-6-16-40-25)35(28)19-21-7-4-3-5-8-21/h3-5,7-8,10-15,17,25H,6,9,16,18-20H2,1-2H3,(H,32,37)/t25-/m1/s1. The average Bonchev–Trinajstić information content (AvgIpc) is 3.68. The van der Waals surface area contributed by atoms with Gasteiger partial charge in [0.1, 0.15) is 11.5 Å². The van der Waals surface area contributed by atoms with E-state index in [-0.39, 0.29) is 24.3 Å². The minimum absolute atomic E-state index is 0.209. The Balaban J connectivity index is 1.27. The van der Waals surface area contributed by atoms with E-state index in [9.17, 15) is 9.59 Å². The van der Waals surface area contributed by atoms with Crippen molar-refractivity contribution in [1.82, 2.24) is 20.1 Å². The Bertz CT molecular complexity index is 1480. The molecule has 10 heteroatoms. The first-order chi connectivity index (χ1) is 20.1. The van der Waals surface area contributed by atoms with Crippen molar-refractivity contribution in [2.75, 3.05) is 26.6 Å². The van der Waals surface area contributed by atoms with Crippen LogP contribution >= 0.6 is 11.8 Å². The number of ether oxygens (including phenoxy) is 3. The molecular formula is C31H32N4O5S. The van der Waals surface area contributed by atoms with Crippen molar-refractivity contribution in [3.63, 3.8) is 0 Å². The maximum absolute atomic E-state index is 13.1. The fourth-order valence-corrected chi connectivity index (χ4v) is 5.63. The number of carbonyl (C=O) groups excluding carboxylic acids is 2. The van der Waals surface area contributed by atoms with E-state index >= 15 is 0 Å². The molecule has 9 nitrogen and oxygen atoms in total. The van der Waals surface area contributed by atoms with E-state index in [1.165, 1.54) is 7.11 Å². The van der Waals surface area contributed by atoms with Crippen LogP contribution in [0.4, 0.5) is 0 Å². The van der Waals surface area contributed by atoms with Gasteiger partial charge in [0, 0.05) is 23.5 Å². The number of thioether (sulfide) groups is 1. The number of hydrogen-bond donors (Lipinski definition) is 1. The Morgan fingerprint density at radius 1 is 1.00 bits per heavy atom. The summed E-state index contributed by atoms with van der Waals surface area (Å²) < 4.78 is 18.4. The van der Waals surface area contributed by atoms with E-state index < -0.39 is 0 Å². The Kier molecular flexibility index (Phi) is 9.33. The van der Waals surface area contributed by atoms with E-state index in [1.807, 2.05) is 22.8 Å². The van der Waals surface area contributed by atoms with Crippen LogP contribution in [0.3, 0.4) is 0 Å². The van der Waals surface area contributed by atoms with Gasteiger partial charge in [-0.2, -0.15) is 0 Å². The van der Waals surface area contributed by atoms with E-state index in [0.717, 1.165) is 35.9 Å². The van der Waals surface area contributed by atoms with Crippen LogP contribution in [0.15, 0.2) is 78.0 Å². The number of aromatic nitrogens is 3. The molecule has 4 aromatic rings. The quantitative estimate of drug-likeness (QED) is 0.191. The van der Waals surface area contributed by atoms with Gasteiger partial charge in [-0.25, -0.2) is 0 Å². The van der Waals surface area contributed by atoms with Crippen molar-refractivity contribution in [3.8, 4) is 11.5 Å². The summed E-state index contributed by atoms with van der Waals surface area (Å²) in [5, 5.41) is 12.6. The topological polar surface area (TPSA) is 105 Å². The van der Waals surface area contributed by atoms with Crippen molar-refractivity contribution in [1.29, 1.82) is 0 Å². The van der Waals surface area contributed by atoms with Gasteiger partial charge in [-0.3, -0.25) is 9.59 Å². The molecule has 1 aliphatic heterocycles. The summed E-state index contributed by atoms with van der Waals surface area (Å²) in [5.41, 5.74) is 2.37. The van der Waals surface area contributed by atoms with Crippen LogP contribution in [0.2, 0.25) is 0 Å². The van der Waals surface area contributed by atoms with Crippen molar-refractivity contribution < 1.29 is 23.8 Å². The third-order valence-electron chi connectivity index (χ3n) is 6.87. The molecule has 0 unspecified atom stereocenters. The molecule has 0 aliphatic carbocycles. The summed E-state index contributed by atoms with van der Waals surface area (Å²) >= 11 is 1.63. The maximum Gasteiger partial charge on any atom is 0.251 e. The predicted octanol–water partition coefficient (Wildman–Crippen LogP) is 4.78. The molecule has 1 aromatic heterocycles. The van der Waals surface area contributed by atoms with Crippen LogP contribution in [-0.4, -0.2) is 59.1 Å². The third kappa shape index (κ3) is 6.96. The van der Waals surface area contributed by atoms with Crippen molar-refractivity contribution in [2.24, 2.45) is 0 Å². The fraction of sp³-hybridized carbons (Fsp3) is 0.290. The minimum atomic E-state index is -0.272. The summed E-state index contributed by atoms with van der Waals surface area (Å²) in [6, 6.07) is 21.7. The Labute approximate surface area is 243 Å². The highest BCUT2D eigenvalue weighted by Gasteiger charge is 2.20. The number of methoxy groups -OCH3 is 2. The molecule has 2 heterocycles. The van der Waals surface area contributed by atoms with Gasteiger partial charge < -0.3 is 24.1 Å². The highest BCUT2D eigenvalue weighted by atomic mass is 32.2. The van der Waals surface area contributed by atoms with Crippen LogP contribution in [0.25, 0.3) is 0 Å². The van der Waals surface area contributed by atoms with E-state index in [1.54, 1.807) is 61.3 Å². The number of nitrogens with zero attached hydrogens (tertiary/aromatic N) is 3. The van der Waals surface area contributed by atoms with Crippen LogP contribution in [0.5, 0.6) is 11.5 Å². The van der Waals surface area contributed by atoms with Gasteiger partial charge in [0.15, 0.2) is 16.8 Å². The summed E-state index contributed by atoms with van der Waals surface area (Å²) in [6.45, 7) is 1.61. The summed E-state index contributed by atoms with van der Waals surface area (Å²) in [7, 11) is 3.05.